The van der Waals surface area contributed by atoms with Gasteiger partial charge in [-0.3, -0.25) is 0 Å². The highest BCUT2D eigenvalue weighted by molar-refractivity contribution is 5.91. The molecule has 1 N–H and O–H groups in total. The third-order valence-corrected chi connectivity index (χ3v) is 5.72. The number of hydrogen-bond acceptors (Lipinski definition) is 4. The molecule has 4 nitrogen and oxygen atoms in total. The van der Waals surface area contributed by atoms with Gasteiger partial charge in [-0.2, -0.15) is 0 Å². The highest BCUT2D eigenvalue weighted by Crippen LogP contribution is 2.23. The zero-order chi connectivity index (χ0) is 25.2. The molecular weight excluding hydrogens is 434 g/mol. The molecule has 0 amide bonds. The normalized spacial score (nSPS) is 11.7. The van der Waals surface area contributed by atoms with Gasteiger partial charge in [0, 0.05) is 5.39 Å². The van der Waals surface area contributed by atoms with Crippen LogP contribution in [0.5, 0.6) is 0 Å². The third-order valence-electron chi connectivity index (χ3n) is 5.72. The molecule has 4 rings (SSSR count). The lowest BCUT2D eigenvalue weighted by molar-refractivity contribution is 0.0599. The SMILES string of the molecule is CC.COC(=O)c1ccccc1CCC(O)c1cccc(/C=C/c2ccc3ccc(C)cc3n2)c1. The maximum Gasteiger partial charge on any atom is 0.338 e. The highest BCUT2D eigenvalue weighted by atomic mass is 16.5. The number of aliphatic hydroxyl groups excluding tert-OH is 1. The van der Waals surface area contributed by atoms with Crippen molar-refractivity contribution >= 4 is 29.0 Å². The molecule has 4 aromatic rings. The molecule has 0 aliphatic carbocycles. The van der Waals surface area contributed by atoms with Crippen LogP contribution in [0.15, 0.2) is 78.9 Å². The molecule has 0 spiro atoms. The molecule has 0 saturated carbocycles. The minimum atomic E-state index is -0.633. The number of nitrogens with zero attached hydrogens (tertiary/aromatic N) is 1. The summed E-state index contributed by atoms with van der Waals surface area (Å²) in [5.41, 5.74) is 6.31. The molecule has 1 aromatic heterocycles. The summed E-state index contributed by atoms with van der Waals surface area (Å²) in [6.07, 6.45) is 4.44. The van der Waals surface area contributed by atoms with Gasteiger partial charge in [-0.1, -0.05) is 74.5 Å². The summed E-state index contributed by atoms with van der Waals surface area (Å²) in [5, 5.41) is 11.9. The number of ether oxygens (including phenoxy) is 1. The summed E-state index contributed by atoms with van der Waals surface area (Å²) in [6.45, 7) is 6.06. The first-order chi connectivity index (χ1) is 17.0. The minimum Gasteiger partial charge on any atom is -0.465 e. The van der Waals surface area contributed by atoms with Crippen LogP contribution in [-0.2, 0) is 11.2 Å². The van der Waals surface area contributed by atoms with Gasteiger partial charge in [-0.05, 0) is 72.4 Å². The number of hydrogen-bond donors (Lipinski definition) is 1. The van der Waals surface area contributed by atoms with E-state index in [0.29, 0.717) is 18.4 Å². The number of benzene rings is 3. The maximum absolute atomic E-state index is 12.0. The van der Waals surface area contributed by atoms with E-state index in [-0.39, 0.29) is 5.97 Å². The first-order valence-corrected chi connectivity index (χ1v) is 12.0. The molecule has 0 aliphatic heterocycles. The zero-order valence-corrected chi connectivity index (χ0v) is 20.9. The lowest BCUT2D eigenvalue weighted by Gasteiger charge is -2.13. The molecule has 0 aliphatic rings. The van der Waals surface area contributed by atoms with Gasteiger partial charge in [0.15, 0.2) is 0 Å². The van der Waals surface area contributed by atoms with E-state index in [2.05, 4.69) is 31.2 Å². The van der Waals surface area contributed by atoms with Crippen molar-refractivity contribution in [1.82, 2.24) is 4.98 Å². The lowest BCUT2D eigenvalue weighted by Crippen LogP contribution is -2.07. The molecule has 0 fully saturated rings. The second kappa shape index (κ2) is 12.6. The first kappa shape index (κ1) is 25.9. The number of fused-ring (bicyclic) bond motifs is 1. The second-order valence-electron chi connectivity index (χ2n) is 8.14. The fourth-order valence-corrected chi connectivity index (χ4v) is 3.89. The summed E-state index contributed by atoms with van der Waals surface area (Å²) in [7, 11) is 1.38. The van der Waals surface area contributed by atoms with E-state index in [9.17, 15) is 9.90 Å². The van der Waals surface area contributed by atoms with E-state index in [1.165, 1.54) is 12.7 Å². The van der Waals surface area contributed by atoms with E-state index in [0.717, 1.165) is 33.3 Å². The Morgan fingerprint density at radius 2 is 1.74 bits per heavy atom. The van der Waals surface area contributed by atoms with Crippen LogP contribution in [-0.4, -0.2) is 23.2 Å². The van der Waals surface area contributed by atoms with Crippen molar-refractivity contribution < 1.29 is 14.6 Å². The van der Waals surface area contributed by atoms with E-state index in [1.54, 1.807) is 6.07 Å². The van der Waals surface area contributed by atoms with Gasteiger partial charge in [0.2, 0.25) is 0 Å². The summed E-state index contributed by atoms with van der Waals surface area (Å²) >= 11 is 0. The number of carbonyl (C=O) groups is 1. The van der Waals surface area contributed by atoms with Gasteiger partial charge in [0.25, 0.3) is 0 Å². The molecule has 1 unspecified atom stereocenters. The zero-order valence-electron chi connectivity index (χ0n) is 20.9. The number of esters is 1. The van der Waals surface area contributed by atoms with Crippen molar-refractivity contribution in [1.29, 1.82) is 0 Å². The van der Waals surface area contributed by atoms with E-state index >= 15 is 0 Å². The fraction of sp³-hybridized carbons (Fsp3) is 0.226. The molecule has 3 aromatic carbocycles. The van der Waals surface area contributed by atoms with Crippen molar-refractivity contribution in [3.8, 4) is 0 Å². The molecule has 4 heteroatoms. The molecule has 180 valence electrons. The van der Waals surface area contributed by atoms with Crippen molar-refractivity contribution in [3.05, 3.63) is 112 Å². The average molecular weight is 468 g/mol. The summed E-state index contributed by atoms with van der Waals surface area (Å²) in [4.78, 5) is 16.7. The van der Waals surface area contributed by atoms with Crippen LogP contribution < -0.4 is 0 Å². The monoisotopic (exact) mass is 467 g/mol. The van der Waals surface area contributed by atoms with Crippen molar-refractivity contribution in [2.75, 3.05) is 7.11 Å². The Kier molecular flexibility index (Phi) is 9.33. The Labute approximate surface area is 207 Å². The van der Waals surface area contributed by atoms with Crippen LogP contribution >= 0.6 is 0 Å². The Balaban J connectivity index is 0.00000167. The Hall–Kier alpha value is -3.76. The third kappa shape index (κ3) is 6.87. The number of methoxy groups -OCH3 is 1. The topological polar surface area (TPSA) is 59.4 Å². The maximum atomic E-state index is 12.0. The van der Waals surface area contributed by atoms with Gasteiger partial charge >= 0.3 is 5.97 Å². The van der Waals surface area contributed by atoms with Crippen LogP contribution in [0, 0.1) is 6.92 Å². The molecule has 1 heterocycles. The molecule has 0 radical (unpaired) electrons. The minimum absolute atomic E-state index is 0.357. The first-order valence-electron chi connectivity index (χ1n) is 12.0. The van der Waals surface area contributed by atoms with Gasteiger partial charge < -0.3 is 9.84 Å². The lowest BCUT2D eigenvalue weighted by atomic mass is 9.97. The summed E-state index contributed by atoms with van der Waals surface area (Å²) < 4.78 is 4.86. The molecule has 35 heavy (non-hydrogen) atoms. The van der Waals surface area contributed by atoms with Gasteiger partial charge in [0.05, 0.1) is 30.0 Å². The van der Waals surface area contributed by atoms with Crippen LogP contribution in [0.3, 0.4) is 0 Å². The fourth-order valence-electron chi connectivity index (χ4n) is 3.89. The number of rotatable bonds is 7. The molecule has 0 bridgehead atoms. The van der Waals surface area contributed by atoms with E-state index in [1.807, 2.05) is 74.5 Å². The van der Waals surface area contributed by atoms with Crippen molar-refractivity contribution in [2.24, 2.45) is 0 Å². The van der Waals surface area contributed by atoms with Crippen LogP contribution in [0.2, 0.25) is 0 Å². The van der Waals surface area contributed by atoms with Crippen LogP contribution in [0.25, 0.3) is 23.1 Å². The van der Waals surface area contributed by atoms with Crippen LogP contribution in [0.1, 0.15) is 64.7 Å². The smallest absolute Gasteiger partial charge is 0.338 e. The Bertz CT molecular complexity index is 1310. The summed E-state index contributed by atoms with van der Waals surface area (Å²) in [5.74, 6) is -0.357. The molecule has 0 saturated heterocycles. The largest absolute Gasteiger partial charge is 0.465 e. The van der Waals surface area contributed by atoms with Gasteiger partial charge in [0.1, 0.15) is 0 Å². The van der Waals surface area contributed by atoms with Gasteiger partial charge in [-0.15, -0.1) is 0 Å². The number of aryl methyl sites for hydroxylation is 2. The number of carbonyl (C=O) groups excluding carboxylic acids is 1. The highest BCUT2D eigenvalue weighted by Gasteiger charge is 2.14. The average Bonchev–Trinajstić information content (AvgIpc) is 2.91. The Morgan fingerprint density at radius 1 is 0.971 bits per heavy atom. The Morgan fingerprint density at radius 3 is 2.54 bits per heavy atom. The van der Waals surface area contributed by atoms with Crippen molar-refractivity contribution in [2.45, 2.75) is 39.7 Å². The van der Waals surface area contributed by atoms with Gasteiger partial charge in [-0.25, -0.2) is 9.78 Å². The standard InChI is InChI=1S/C29H27NO3.C2H6/c1-20-10-12-23-13-16-25(30-27(23)18-20)15-11-21-6-5-8-24(19-21)28(31)17-14-22-7-3-4-9-26(22)29(32)33-2;1-2/h3-13,15-16,18-19,28,31H,14,17H2,1-2H3;1-2H3/b15-11+;. The van der Waals surface area contributed by atoms with E-state index in [4.69, 9.17) is 9.72 Å². The van der Waals surface area contributed by atoms with Crippen LogP contribution in [0.4, 0.5) is 0 Å². The molecular formula is C31H33NO3. The predicted molar refractivity (Wildman–Crippen MR) is 144 cm³/mol. The predicted octanol–water partition coefficient (Wildman–Crippen LogP) is 7.19. The quantitative estimate of drug-likeness (QED) is 0.292. The molecule has 1 atom stereocenters. The summed E-state index contributed by atoms with van der Waals surface area (Å²) in [6, 6.07) is 25.5. The van der Waals surface area contributed by atoms with E-state index < -0.39 is 6.10 Å². The second-order valence-corrected chi connectivity index (χ2v) is 8.14. The number of aromatic nitrogens is 1. The number of aliphatic hydroxyl groups is 1. The number of pyridine rings is 1. The van der Waals surface area contributed by atoms with Crippen molar-refractivity contribution in [3.63, 3.8) is 0 Å².